The minimum atomic E-state index is -3.52. The van der Waals surface area contributed by atoms with Crippen molar-refractivity contribution in [3.8, 4) is 0 Å². The molecule has 112 valence electrons. The molecule has 6 heteroatoms. The van der Waals surface area contributed by atoms with Crippen LogP contribution in [0.3, 0.4) is 0 Å². The molecular formula is C14H22N2O3S. The number of methoxy groups -OCH3 is 1. The van der Waals surface area contributed by atoms with E-state index in [2.05, 4.69) is 10.0 Å². The number of rotatable bonds is 5. The molecule has 5 nitrogen and oxygen atoms in total. The second kappa shape index (κ2) is 5.71. The molecule has 0 radical (unpaired) electrons. The minimum Gasteiger partial charge on any atom is -0.385 e. The molecule has 2 N–H and O–H groups in total. The Morgan fingerprint density at radius 1 is 1.40 bits per heavy atom. The number of ether oxygens (including phenoxy) is 1. The first kappa shape index (κ1) is 15.3. The Bertz CT molecular complexity index is 582. The Kier molecular flexibility index (Phi) is 4.36. The number of hydrogen-bond acceptors (Lipinski definition) is 4. The van der Waals surface area contributed by atoms with Crippen LogP contribution in [0.15, 0.2) is 23.1 Å². The third-order valence-corrected chi connectivity index (χ3v) is 5.07. The van der Waals surface area contributed by atoms with Gasteiger partial charge in [0.25, 0.3) is 0 Å². The molecule has 1 aliphatic rings. The average Bonchev–Trinajstić information content (AvgIpc) is 2.45. The molecule has 1 aromatic rings. The zero-order valence-electron chi connectivity index (χ0n) is 12.2. The summed E-state index contributed by atoms with van der Waals surface area (Å²) in [6.45, 7) is 4.82. The van der Waals surface area contributed by atoms with Gasteiger partial charge in [0.2, 0.25) is 10.0 Å². The van der Waals surface area contributed by atoms with E-state index in [0.29, 0.717) is 4.90 Å². The third kappa shape index (κ3) is 3.31. The Morgan fingerprint density at radius 2 is 2.15 bits per heavy atom. The predicted molar refractivity (Wildman–Crippen MR) is 79.5 cm³/mol. The van der Waals surface area contributed by atoms with Gasteiger partial charge in [-0.1, -0.05) is 6.07 Å². The van der Waals surface area contributed by atoms with E-state index < -0.39 is 15.6 Å². The largest absolute Gasteiger partial charge is 0.385 e. The Hall–Kier alpha value is -1.11. The lowest BCUT2D eigenvalue weighted by atomic mass is 10.0. The number of sulfonamides is 1. The van der Waals surface area contributed by atoms with Crippen LogP contribution in [-0.2, 0) is 21.2 Å². The van der Waals surface area contributed by atoms with Crippen molar-refractivity contribution in [2.45, 2.75) is 37.2 Å². The number of nitrogens with one attached hydrogen (secondary N) is 2. The molecule has 0 saturated carbocycles. The number of benzene rings is 1. The van der Waals surface area contributed by atoms with Gasteiger partial charge in [-0.25, -0.2) is 13.1 Å². The first-order valence-corrected chi connectivity index (χ1v) is 8.25. The molecule has 1 aliphatic heterocycles. The molecule has 1 heterocycles. The standard InChI is InChI=1S/C14H22N2O3S/c1-14(2,19-3)10-16-20(17,18)13-8-4-7-12-11(13)6-5-9-15-12/h4,7-8,15-16H,5-6,9-10H2,1-3H3. The van der Waals surface area contributed by atoms with Crippen molar-refractivity contribution in [3.05, 3.63) is 23.8 Å². The molecule has 0 aliphatic carbocycles. The van der Waals surface area contributed by atoms with Gasteiger partial charge in [0.05, 0.1) is 10.5 Å². The maximum atomic E-state index is 12.5. The maximum absolute atomic E-state index is 12.5. The van der Waals surface area contributed by atoms with Gasteiger partial charge in [-0.05, 0) is 44.4 Å². The van der Waals surface area contributed by atoms with E-state index >= 15 is 0 Å². The summed E-state index contributed by atoms with van der Waals surface area (Å²) in [5.41, 5.74) is 1.27. The van der Waals surface area contributed by atoms with Crippen LogP contribution in [-0.4, -0.2) is 34.2 Å². The Morgan fingerprint density at radius 3 is 2.85 bits per heavy atom. The molecule has 0 bridgehead atoms. The molecule has 0 fully saturated rings. The van der Waals surface area contributed by atoms with Gasteiger partial charge < -0.3 is 10.1 Å². The molecular weight excluding hydrogens is 276 g/mol. The van der Waals surface area contributed by atoms with E-state index in [-0.39, 0.29) is 6.54 Å². The van der Waals surface area contributed by atoms with Gasteiger partial charge in [0, 0.05) is 25.9 Å². The van der Waals surface area contributed by atoms with E-state index in [0.717, 1.165) is 30.6 Å². The smallest absolute Gasteiger partial charge is 0.241 e. The molecule has 2 rings (SSSR count). The second-order valence-electron chi connectivity index (χ2n) is 5.60. The molecule has 0 unspecified atom stereocenters. The fourth-order valence-electron chi connectivity index (χ4n) is 2.15. The highest BCUT2D eigenvalue weighted by atomic mass is 32.2. The molecule has 0 spiro atoms. The lowest BCUT2D eigenvalue weighted by Crippen LogP contribution is -2.40. The van der Waals surface area contributed by atoms with Crippen molar-refractivity contribution >= 4 is 15.7 Å². The van der Waals surface area contributed by atoms with E-state index in [1.165, 1.54) is 0 Å². The Balaban J connectivity index is 2.26. The number of anilines is 1. The summed E-state index contributed by atoms with van der Waals surface area (Å²) in [7, 11) is -1.94. The lowest BCUT2D eigenvalue weighted by Gasteiger charge is -2.25. The zero-order valence-corrected chi connectivity index (χ0v) is 13.0. The van der Waals surface area contributed by atoms with E-state index in [1.54, 1.807) is 19.2 Å². The van der Waals surface area contributed by atoms with Crippen molar-refractivity contribution in [1.29, 1.82) is 0 Å². The quantitative estimate of drug-likeness (QED) is 0.869. The van der Waals surface area contributed by atoms with Crippen LogP contribution < -0.4 is 10.0 Å². The van der Waals surface area contributed by atoms with Gasteiger partial charge in [0.15, 0.2) is 0 Å². The van der Waals surface area contributed by atoms with Crippen molar-refractivity contribution in [1.82, 2.24) is 4.72 Å². The summed E-state index contributed by atoms with van der Waals surface area (Å²) in [6, 6.07) is 5.35. The highest BCUT2D eigenvalue weighted by molar-refractivity contribution is 7.89. The topological polar surface area (TPSA) is 67.4 Å². The summed E-state index contributed by atoms with van der Waals surface area (Å²) in [5, 5.41) is 3.24. The Labute approximate surface area is 120 Å². The van der Waals surface area contributed by atoms with E-state index in [9.17, 15) is 8.42 Å². The van der Waals surface area contributed by atoms with Crippen molar-refractivity contribution in [3.63, 3.8) is 0 Å². The lowest BCUT2D eigenvalue weighted by molar-refractivity contribution is 0.0276. The predicted octanol–water partition coefficient (Wildman–Crippen LogP) is 1.75. The van der Waals surface area contributed by atoms with Gasteiger partial charge in [-0.3, -0.25) is 0 Å². The fourth-order valence-corrected chi connectivity index (χ4v) is 3.64. The van der Waals surface area contributed by atoms with Crippen molar-refractivity contribution in [2.75, 3.05) is 25.5 Å². The molecule has 1 aromatic carbocycles. The van der Waals surface area contributed by atoms with Gasteiger partial charge in [0.1, 0.15) is 0 Å². The number of hydrogen-bond donors (Lipinski definition) is 2. The minimum absolute atomic E-state index is 0.239. The van der Waals surface area contributed by atoms with Gasteiger partial charge in [-0.2, -0.15) is 0 Å². The van der Waals surface area contributed by atoms with Gasteiger partial charge in [-0.15, -0.1) is 0 Å². The summed E-state index contributed by atoms with van der Waals surface area (Å²) in [4.78, 5) is 0.370. The monoisotopic (exact) mass is 298 g/mol. The maximum Gasteiger partial charge on any atom is 0.241 e. The highest BCUT2D eigenvalue weighted by Crippen LogP contribution is 2.28. The molecule has 0 saturated heterocycles. The summed E-state index contributed by atoms with van der Waals surface area (Å²) >= 11 is 0. The van der Waals surface area contributed by atoms with Gasteiger partial charge >= 0.3 is 0 Å². The SMILES string of the molecule is COC(C)(C)CNS(=O)(=O)c1cccc2c1CCCN2. The summed E-state index contributed by atoms with van der Waals surface area (Å²) < 4.78 is 32.8. The van der Waals surface area contributed by atoms with Crippen LogP contribution in [0.25, 0.3) is 0 Å². The molecule has 20 heavy (non-hydrogen) atoms. The average molecular weight is 298 g/mol. The van der Waals surface area contributed by atoms with Crippen LogP contribution in [0.5, 0.6) is 0 Å². The summed E-state index contributed by atoms with van der Waals surface area (Å²) in [5.74, 6) is 0. The van der Waals surface area contributed by atoms with Crippen LogP contribution in [0.2, 0.25) is 0 Å². The van der Waals surface area contributed by atoms with Crippen LogP contribution >= 0.6 is 0 Å². The summed E-state index contributed by atoms with van der Waals surface area (Å²) in [6.07, 6.45) is 1.73. The van der Waals surface area contributed by atoms with E-state index in [1.807, 2.05) is 19.9 Å². The first-order valence-electron chi connectivity index (χ1n) is 6.76. The normalized spacial score (nSPS) is 15.6. The first-order chi connectivity index (χ1) is 9.36. The van der Waals surface area contributed by atoms with Crippen LogP contribution in [0.1, 0.15) is 25.8 Å². The molecule has 0 amide bonds. The molecule has 0 atom stereocenters. The number of fused-ring (bicyclic) bond motifs is 1. The van der Waals surface area contributed by atoms with Crippen molar-refractivity contribution < 1.29 is 13.2 Å². The van der Waals surface area contributed by atoms with E-state index in [4.69, 9.17) is 4.74 Å². The molecule has 0 aromatic heterocycles. The third-order valence-electron chi connectivity index (χ3n) is 3.58. The van der Waals surface area contributed by atoms with Crippen LogP contribution in [0, 0.1) is 0 Å². The van der Waals surface area contributed by atoms with Crippen molar-refractivity contribution in [2.24, 2.45) is 0 Å². The second-order valence-corrected chi connectivity index (χ2v) is 7.34. The highest BCUT2D eigenvalue weighted by Gasteiger charge is 2.25. The zero-order chi connectivity index (χ0) is 14.8. The van der Waals surface area contributed by atoms with Crippen LogP contribution in [0.4, 0.5) is 5.69 Å². The fraction of sp³-hybridized carbons (Fsp3) is 0.571.